The first kappa shape index (κ1) is 12.7. The first-order valence-corrected chi connectivity index (χ1v) is 6.14. The molecule has 1 aromatic rings. The van der Waals surface area contributed by atoms with Crippen LogP contribution < -0.4 is 0 Å². The van der Waals surface area contributed by atoms with Crippen molar-refractivity contribution in [2.45, 2.75) is 6.04 Å². The quantitative estimate of drug-likeness (QED) is 0.829. The molecule has 0 unspecified atom stereocenters. The topological polar surface area (TPSA) is 36.3 Å². The molecule has 0 amide bonds. The summed E-state index contributed by atoms with van der Waals surface area (Å²) < 4.78 is 5.27. The first-order valence-electron chi connectivity index (χ1n) is 5.38. The highest BCUT2D eigenvalue weighted by Gasteiger charge is 2.24. The monoisotopic (exact) mass is 270 g/mol. The number of hydrogen-bond donors (Lipinski definition) is 0. The van der Waals surface area contributed by atoms with Crippen LogP contribution in [0, 0.1) is 11.3 Å². The average Bonchev–Trinajstić information content (AvgIpc) is 2.34. The molecule has 17 heavy (non-hydrogen) atoms. The molecule has 1 aliphatic heterocycles. The van der Waals surface area contributed by atoms with Crippen LogP contribution in [-0.4, -0.2) is 31.2 Å². The van der Waals surface area contributed by atoms with Gasteiger partial charge in [0.2, 0.25) is 0 Å². The van der Waals surface area contributed by atoms with Crippen molar-refractivity contribution in [2.75, 3.05) is 26.3 Å². The van der Waals surface area contributed by atoms with E-state index in [1.54, 1.807) is 12.1 Å². The van der Waals surface area contributed by atoms with Crippen molar-refractivity contribution in [1.82, 2.24) is 4.90 Å². The Morgan fingerprint density at radius 3 is 2.59 bits per heavy atom. The van der Waals surface area contributed by atoms with E-state index in [9.17, 15) is 5.26 Å². The van der Waals surface area contributed by atoms with Crippen molar-refractivity contribution in [1.29, 1.82) is 5.26 Å². The van der Waals surface area contributed by atoms with E-state index >= 15 is 0 Å². The normalized spacial score (nSPS) is 18.6. The zero-order valence-corrected chi connectivity index (χ0v) is 10.7. The molecule has 0 spiro atoms. The van der Waals surface area contributed by atoms with Gasteiger partial charge in [0.05, 0.1) is 19.3 Å². The largest absolute Gasteiger partial charge is 0.379 e. The Bertz CT molecular complexity index is 439. The Kier molecular flexibility index (Phi) is 4.25. The standard InChI is InChI=1S/C12H12Cl2N2O/c13-9-1-2-10(11(14)7-9)12(8-15)16-3-5-17-6-4-16/h1-2,7,12H,3-6H2/t12-/m0/s1. The molecule has 2 rings (SSSR count). The van der Waals surface area contributed by atoms with Crippen LogP contribution in [-0.2, 0) is 4.74 Å². The van der Waals surface area contributed by atoms with Gasteiger partial charge in [0, 0.05) is 28.7 Å². The zero-order chi connectivity index (χ0) is 12.3. The Morgan fingerprint density at radius 1 is 1.29 bits per heavy atom. The van der Waals surface area contributed by atoms with E-state index in [0.29, 0.717) is 23.3 Å². The fraction of sp³-hybridized carbons (Fsp3) is 0.417. The number of ether oxygens (including phenoxy) is 1. The third kappa shape index (κ3) is 2.91. The van der Waals surface area contributed by atoms with Crippen LogP contribution in [0.15, 0.2) is 18.2 Å². The predicted octanol–water partition coefficient (Wildman–Crippen LogP) is 2.89. The molecule has 5 heteroatoms. The first-order chi connectivity index (χ1) is 8.22. The van der Waals surface area contributed by atoms with Gasteiger partial charge in [0.15, 0.2) is 0 Å². The van der Waals surface area contributed by atoms with Gasteiger partial charge in [-0.1, -0.05) is 29.3 Å². The number of nitrogens with zero attached hydrogens (tertiary/aromatic N) is 2. The van der Waals surface area contributed by atoms with Gasteiger partial charge in [-0.15, -0.1) is 0 Å². The minimum atomic E-state index is -0.330. The number of nitriles is 1. The molecule has 0 saturated carbocycles. The number of morpholine rings is 1. The van der Waals surface area contributed by atoms with E-state index in [0.717, 1.165) is 18.7 Å². The second-order valence-corrected chi connectivity index (χ2v) is 4.69. The fourth-order valence-corrected chi connectivity index (χ4v) is 2.42. The van der Waals surface area contributed by atoms with Gasteiger partial charge in [-0.25, -0.2) is 0 Å². The average molecular weight is 271 g/mol. The van der Waals surface area contributed by atoms with E-state index in [1.165, 1.54) is 0 Å². The van der Waals surface area contributed by atoms with Crippen LogP contribution in [0.2, 0.25) is 10.0 Å². The van der Waals surface area contributed by atoms with Crippen LogP contribution in [0.4, 0.5) is 0 Å². The lowest BCUT2D eigenvalue weighted by Gasteiger charge is -2.31. The molecular weight excluding hydrogens is 259 g/mol. The highest BCUT2D eigenvalue weighted by atomic mass is 35.5. The number of halogens is 2. The molecule has 90 valence electrons. The van der Waals surface area contributed by atoms with E-state index in [1.807, 2.05) is 6.07 Å². The van der Waals surface area contributed by atoms with Gasteiger partial charge >= 0.3 is 0 Å². The molecule has 0 N–H and O–H groups in total. The van der Waals surface area contributed by atoms with Crippen molar-refractivity contribution in [3.8, 4) is 6.07 Å². The lowest BCUT2D eigenvalue weighted by atomic mass is 10.1. The highest BCUT2D eigenvalue weighted by molar-refractivity contribution is 6.35. The second kappa shape index (κ2) is 5.70. The van der Waals surface area contributed by atoms with E-state index in [4.69, 9.17) is 27.9 Å². The third-order valence-electron chi connectivity index (χ3n) is 2.79. The number of benzene rings is 1. The molecular formula is C12H12Cl2N2O. The summed E-state index contributed by atoms with van der Waals surface area (Å²) in [6.45, 7) is 2.81. The molecule has 0 bridgehead atoms. The summed E-state index contributed by atoms with van der Waals surface area (Å²) in [6.07, 6.45) is 0. The second-order valence-electron chi connectivity index (χ2n) is 3.85. The van der Waals surface area contributed by atoms with Crippen LogP contribution in [0.1, 0.15) is 11.6 Å². The summed E-state index contributed by atoms with van der Waals surface area (Å²) >= 11 is 12.0. The lowest BCUT2D eigenvalue weighted by Crippen LogP contribution is -2.38. The van der Waals surface area contributed by atoms with E-state index in [2.05, 4.69) is 11.0 Å². The summed E-state index contributed by atoms with van der Waals surface area (Å²) in [6, 6.07) is 7.20. The van der Waals surface area contributed by atoms with Crippen molar-refractivity contribution in [2.24, 2.45) is 0 Å². The summed E-state index contributed by atoms with van der Waals surface area (Å²) in [7, 11) is 0. The summed E-state index contributed by atoms with van der Waals surface area (Å²) in [5, 5.41) is 10.4. The molecule has 0 aliphatic carbocycles. The minimum Gasteiger partial charge on any atom is -0.379 e. The van der Waals surface area contributed by atoms with Crippen molar-refractivity contribution in [3.05, 3.63) is 33.8 Å². The van der Waals surface area contributed by atoms with Crippen LogP contribution >= 0.6 is 23.2 Å². The Labute approximate surface area is 110 Å². The summed E-state index contributed by atoms with van der Waals surface area (Å²) in [5.74, 6) is 0. The smallest absolute Gasteiger partial charge is 0.125 e. The van der Waals surface area contributed by atoms with Gasteiger partial charge < -0.3 is 4.74 Å². The zero-order valence-electron chi connectivity index (χ0n) is 9.20. The highest BCUT2D eigenvalue weighted by Crippen LogP contribution is 2.29. The minimum absolute atomic E-state index is 0.330. The molecule has 1 heterocycles. The number of hydrogen-bond acceptors (Lipinski definition) is 3. The van der Waals surface area contributed by atoms with Crippen LogP contribution in [0.5, 0.6) is 0 Å². The predicted molar refractivity (Wildman–Crippen MR) is 67.2 cm³/mol. The molecule has 1 aromatic carbocycles. The van der Waals surface area contributed by atoms with Crippen molar-refractivity contribution >= 4 is 23.2 Å². The number of rotatable bonds is 2. The molecule has 1 saturated heterocycles. The Balaban J connectivity index is 2.25. The summed E-state index contributed by atoms with van der Waals surface area (Å²) in [5.41, 5.74) is 0.806. The van der Waals surface area contributed by atoms with Crippen LogP contribution in [0.25, 0.3) is 0 Å². The van der Waals surface area contributed by atoms with Gasteiger partial charge in [-0.05, 0) is 12.1 Å². The maximum absolute atomic E-state index is 9.30. The van der Waals surface area contributed by atoms with Gasteiger partial charge in [-0.2, -0.15) is 5.26 Å². The Hall–Kier alpha value is -0.790. The van der Waals surface area contributed by atoms with Crippen LogP contribution in [0.3, 0.4) is 0 Å². The third-order valence-corrected chi connectivity index (χ3v) is 3.35. The maximum atomic E-state index is 9.30. The fourth-order valence-electron chi connectivity index (χ4n) is 1.91. The van der Waals surface area contributed by atoms with Crippen molar-refractivity contribution < 1.29 is 4.74 Å². The molecule has 1 aliphatic rings. The van der Waals surface area contributed by atoms with Gasteiger partial charge in [0.1, 0.15) is 6.04 Å². The van der Waals surface area contributed by atoms with Crippen molar-refractivity contribution in [3.63, 3.8) is 0 Å². The molecule has 0 aromatic heterocycles. The lowest BCUT2D eigenvalue weighted by molar-refractivity contribution is 0.0266. The molecule has 1 atom stereocenters. The van der Waals surface area contributed by atoms with E-state index < -0.39 is 0 Å². The molecule has 0 radical (unpaired) electrons. The SMILES string of the molecule is N#C[C@@H](c1ccc(Cl)cc1Cl)N1CCOCC1. The Morgan fingerprint density at radius 2 is 2.00 bits per heavy atom. The summed E-state index contributed by atoms with van der Waals surface area (Å²) in [4.78, 5) is 2.07. The molecule has 3 nitrogen and oxygen atoms in total. The van der Waals surface area contributed by atoms with Gasteiger partial charge in [0.25, 0.3) is 0 Å². The maximum Gasteiger partial charge on any atom is 0.125 e. The molecule has 1 fully saturated rings. The van der Waals surface area contributed by atoms with Gasteiger partial charge in [-0.3, -0.25) is 4.90 Å². The van der Waals surface area contributed by atoms with E-state index in [-0.39, 0.29) is 6.04 Å².